The molecule has 2 aromatic rings. The first-order valence-electron chi connectivity index (χ1n) is 5.60. The van der Waals surface area contributed by atoms with Gasteiger partial charge in [0, 0.05) is 0 Å². The maximum absolute atomic E-state index is 10.8. The predicted molar refractivity (Wildman–Crippen MR) is 72.5 cm³/mol. The van der Waals surface area contributed by atoms with Gasteiger partial charge in [-0.25, -0.2) is 9.78 Å². The summed E-state index contributed by atoms with van der Waals surface area (Å²) in [7, 11) is 0. The van der Waals surface area contributed by atoms with Gasteiger partial charge in [-0.2, -0.15) is 0 Å². The maximum atomic E-state index is 10.8. The van der Waals surface area contributed by atoms with Gasteiger partial charge in [0.1, 0.15) is 5.69 Å². The van der Waals surface area contributed by atoms with Crippen LogP contribution in [0.25, 0.3) is 10.4 Å². The summed E-state index contributed by atoms with van der Waals surface area (Å²) in [6.07, 6.45) is -0.323. The zero-order valence-electron chi connectivity index (χ0n) is 10.2. The number of thiazole rings is 1. The van der Waals surface area contributed by atoms with Crippen LogP contribution in [0.1, 0.15) is 29.0 Å². The van der Waals surface area contributed by atoms with Gasteiger partial charge < -0.3 is 10.4 Å². The highest BCUT2D eigenvalue weighted by molar-refractivity contribution is 7.13. The predicted octanol–water partition coefficient (Wildman–Crippen LogP) is 2.95. The molecule has 6 heteroatoms. The van der Waals surface area contributed by atoms with Crippen LogP contribution in [0.3, 0.4) is 0 Å². The number of nitrogens with zero attached hydrogens (tertiary/aromatic N) is 1. The van der Waals surface area contributed by atoms with Crippen LogP contribution in [0, 0.1) is 0 Å². The van der Waals surface area contributed by atoms with Gasteiger partial charge in [0.2, 0.25) is 0 Å². The van der Waals surface area contributed by atoms with E-state index < -0.39 is 6.09 Å². The third kappa shape index (κ3) is 2.97. The van der Waals surface area contributed by atoms with Crippen LogP contribution in [0.5, 0.6) is 0 Å². The molecule has 2 rings (SSSR count). The lowest BCUT2D eigenvalue weighted by molar-refractivity contribution is 0.112. The Bertz CT molecular complexity index is 592. The number of carbonyl (C=O) groups is 2. The molecule has 2 N–H and O–H groups in total. The van der Waals surface area contributed by atoms with E-state index in [0.717, 1.165) is 22.3 Å². The van der Waals surface area contributed by atoms with E-state index in [0.29, 0.717) is 5.69 Å². The zero-order valence-corrected chi connectivity index (χ0v) is 11.0. The van der Waals surface area contributed by atoms with Crippen LogP contribution in [-0.4, -0.2) is 22.5 Å². The minimum atomic E-state index is -1.05. The normalized spacial score (nSPS) is 11.8. The van der Waals surface area contributed by atoms with Gasteiger partial charge in [0.15, 0.2) is 6.29 Å². The topological polar surface area (TPSA) is 79.3 Å². The Kier molecular flexibility index (Phi) is 3.91. The van der Waals surface area contributed by atoms with Crippen molar-refractivity contribution in [3.05, 3.63) is 41.0 Å². The number of benzene rings is 1. The Morgan fingerprint density at radius 1 is 1.42 bits per heavy atom. The van der Waals surface area contributed by atoms with Crippen LogP contribution in [-0.2, 0) is 0 Å². The average Bonchev–Trinajstić information content (AvgIpc) is 2.86. The largest absolute Gasteiger partial charge is 0.465 e. The molecule has 0 radical (unpaired) electrons. The van der Waals surface area contributed by atoms with Crippen molar-refractivity contribution < 1.29 is 14.7 Å². The van der Waals surface area contributed by atoms with Crippen molar-refractivity contribution in [3.63, 3.8) is 0 Å². The molecule has 19 heavy (non-hydrogen) atoms. The van der Waals surface area contributed by atoms with E-state index in [1.54, 1.807) is 12.4 Å². The fraction of sp³-hybridized carbons (Fsp3) is 0.154. The van der Waals surface area contributed by atoms with Crippen LogP contribution < -0.4 is 5.32 Å². The fourth-order valence-electron chi connectivity index (χ4n) is 1.75. The SMILES string of the molecule is CC(NC(=O)O)c1ccc(-c2scnc2C=O)cc1. The average molecular weight is 276 g/mol. The number of nitrogens with one attached hydrogen (secondary N) is 1. The lowest BCUT2D eigenvalue weighted by Crippen LogP contribution is -2.24. The molecule has 1 aromatic heterocycles. The summed E-state index contributed by atoms with van der Waals surface area (Å²) < 4.78 is 0. The smallest absolute Gasteiger partial charge is 0.405 e. The second kappa shape index (κ2) is 5.62. The van der Waals surface area contributed by atoms with E-state index in [4.69, 9.17) is 5.11 Å². The van der Waals surface area contributed by atoms with Crippen molar-refractivity contribution in [2.24, 2.45) is 0 Å². The summed E-state index contributed by atoms with van der Waals surface area (Å²) in [5.41, 5.74) is 3.82. The molecule has 1 aromatic carbocycles. The standard InChI is InChI=1S/C13H12N2O3S/c1-8(15-13(17)18)9-2-4-10(5-3-9)12-11(6-16)14-7-19-12/h2-8,15H,1H3,(H,17,18). The Hall–Kier alpha value is -2.21. The summed E-state index contributed by atoms with van der Waals surface area (Å²) in [4.78, 5) is 26.2. The van der Waals surface area contributed by atoms with Gasteiger partial charge in [-0.15, -0.1) is 11.3 Å². The van der Waals surface area contributed by atoms with Gasteiger partial charge in [0.05, 0.1) is 16.4 Å². The van der Waals surface area contributed by atoms with Crippen molar-refractivity contribution in [2.45, 2.75) is 13.0 Å². The number of rotatable bonds is 4. The summed E-state index contributed by atoms with van der Waals surface area (Å²) in [6.45, 7) is 1.77. The molecule has 1 atom stereocenters. The molecule has 5 nitrogen and oxygen atoms in total. The quantitative estimate of drug-likeness (QED) is 0.841. The molecule has 1 heterocycles. The van der Waals surface area contributed by atoms with Gasteiger partial charge in [0.25, 0.3) is 0 Å². The van der Waals surface area contributed by atoms with Crippen molar-refractivity contribution >= 4 is 23.7 Å². The van der Waals surface area contributed by atoms with Gasteiger partial charge in [-0.05, 0) is 18.1 Å². The van der Waals surface area contributed by atoms with E-state index in [-0.39, 0.29) is 6.04 Å². The van der Waals surface area contributed by atoms with Gasteiger partial charge >= 0.3 is 6.09 Å². The molecule has 98 valence electrons. The summed E-state index contributed by atoms with van der Waals surface area (Å²) >= 11 is 1.40. The summed E-state index contributed by atoms with van der Waals surface area (Å²) in [5.74, 6) is 0. The molecule has 0 aliphatic heterocycles. The highest BCUT2D eigenvalue weighted by Gasteiger charge is 2.10. The summed E-state index contributed by atoms with van der Waals surface area (Å²) in [6, 6.07) is 7.11. The number of carboxylic acid groups (broad SMARTS) is 1. The van der Waals surface area contributed by atoms with Gasteiger partial charge in [-0.3, -0.25) is 4.79 Å². The molecule has 1 amide bonds. The van der Waals surface area contributed by atoms with E-state index in [1.165, 1.54) is 11.3 Å². The Balaban J connectivity index is 2.23. The maximum Gasteiger partial charge on any atom is 0.405 e. The lowest BCUT2D eigenvalue weighted by Gasteiger charge is -2.12. The molecule has 0 spiro atoms. The molecule has 0 aliphatic rings. The number of carbonyl (C=O) groups excluding carboxylic acids is 1. The minimum Gasteiger partial charge on any atom is -0.465 e. The first-order chi connectivity index (χ1) is 9.11. The Morgan fingerprint density at radius 2 is 2.11 bits per heavy atom. The highest BCUT2D eigenvalue weighted by Crippen LogP contribution is 2.27. The molecule has 0 saturated carbocycles. The Morgan fingerprint density at radius 3 is 2.68 bits per heavy atom. The molecule has 0 aliphatic carbocycles. The first kappa shape index (κ1) is 13.2. The van der Waals surface area contributed by atoms with E-state index >= 15 is 0 Å². The van der Waals surface area contributed by atoms with Crippen molar-refractivity contribution in [3.8, 4) is 10.4 Å². The van der Waals surface area contributed by atoms with Crippen LogP contribution in [0.4, 0.5) is 4.79 Å². The molecular formula is C13H12N2O3S. The minimum absolute atomic E-state index is 0.279. The van der Waals surface area contributed by atoms with Crippen molar-refractivity contribution in [1.82, 2.24) is 10.3 Å². The molecular weight excluding hydrogens is 264 g/mol. The molecule has 0 fully saturated rings. The van der Waals surface area contributed by atoms with Crippen LogP contribution in [0.2, 0.25) is 0 Å². The number of hydrogen-bond donors (Lipinski definition) is 2. The second-order valence-corrected chi connectivity index (χ2v) is 4.83. The molecule has 0 saturated heterocycles. The monoisotopic (exact) mass is 276 g/mol. The van der Waals surface area contributed by atoms with Gasteiger partial charge in [-0.1, -0.05) is 24.3 Å². The third-order valence-electron chi connectivity index (χ3n) is 2.72. The van der Waals surface area contributed by atoms with E-state index in [2.05, 4.69) is 10.3 Å². The zero-order chi connectivity index (χ0) is 13.8. The number of hydrogen-bond acceptors (Lipinski definition) is 4. The second-order valence-electron chi connectivity index (χ2n) is 3.98. The highest BCUT2D eigenvalue weighted by atomic mass is 32.1. The van der Waals surface area contributed by atoms with Crippen molar-refractivity contribution in [1.29, 1.82) is 0 Å². The van der Waals surface area contributed by atoms with E-state index in [1.807, 2.05) is 24.3 Å². The molecule has 1 unspecified atom stereocenters. The Labute approximate surface area is 113 Å². The van der Waals surface area contributed by atoms with Crippen LogP contribution in [0.15, 0.2) is 29.8 Å². The van der Waals surface area contributed by atoms with Crippen molar-refractivity contribution in [2.75, 3.05) is 0 Å². The number of aromatic nitrogens is 1. The lowest BCUT2D eigenvalue weighted by atomic mass is 10.1. The number of aldehydes is 1. The number of amides is 1. The molecule has 0 bridgehead atoms. The fourth-order valence-corrected chi connectivity index (χ4v) is 2.51. The third-order valence-corrected chi connectivity index (χ3v) is 3.61. The summed E-state index contributed by atoms with van der Waals surface area (Å²) in [5, 5.41) is 11.0. The van der Waals surface area contributed by atoms with Crippen LogP contribution >= 0.6 is 11.3 Å². The van der Waals surface area contributed by atoms with E-state index in [9.17, 15) is 9.59 Å². The first-order valence-corrected chi connectivity index (χ1v) is 6.48.